The third-order valence-electron chi connectivity index (χ3n) is 3.85. The molecule has 0 aliphatic heterocycles. The van der Waals surface area contributed by atoms with E-state index < -0.39 is 0 Å². The number of hydrogen-bond acceptors (Lipinski definition) is 4. The summed E-state index contributed by atoms with van der Waals surface area (Å²) in [4.78, 5) is 8.24. The molecule has 0 saturated heterocycles. The number of aromatic nitrogens is 5. The fourth-order valence-electron chi connectivity index (χ4n) is 2.93. The van der Waals surface area contributed by atoms with Gasteiger partial charge in [0, 0.05) is 0 Å². The van der Waals surface area contributed by atoms with Crippen LogP contribution in [0.4, 0.5) is 0 Å². The van der Waals surface area contributed by atoms with Gasteiger partial charge in [0.25, 0.3) is 0 Å². The zero-order chi connectivity index (χ0) is 13.5. The average Bonchev–Trinajstić information content (AvgIpc) is 2.92. The van der Waals surface area contributed by atoms with E-state index in [1.807, 2.05) is 4.68 Å². The predicted molar refractivity (Wildman–Crippen MR) is 75.6 cm³/mol. The minimum absolute atomic E-state index is 0.177. The molecule has 3 aromatic rings. The summed E-state index contributed by atoms with van der Waals surface area (Å²) in [6, 6.07) is 8.67. The fraction of sp³-hybridized carbons (Fsp3) is 0.286. The van der Waals surface area contributed by atoms with Crippen molar-refractivity contribution >= 4 is 22.8 Å². The van der Waals surface area contributed by atoms with Gasteiger partial charge in [0.2, 0.25) is 0 Å². The molecule has 1 aromatic carbocycles. The zero-order valence-electron chi connectivity index (χ0n) is 10.7. The number of nitrogens with zero attached hydrogens (tertiary/aromatic N) is 5. The number of hydrogen-bond donors (Lipinski definition) is 0. The number of fused-ring (bicyclic) bond motifs is 2. The van der Waals surface area contributed by atoms with Gasteiger partial charge in [0.05, 0.1) is 6.04 Å². The first kappa shape index (κ1) is 11.8. The normalized spacial score (nSPS) is 18.1. The first-order valence-electron chi connectivity index (χ1n) is 6.64. The van der Waals surface area contributed by atoms with Gasteiger partial charge in [-0.1, -0.05) is 41.1 Å². The van der Waals surface area contributed by atoms with Crippen molar-refractivity contribution in [2.45, 2.75) is 25.3 Å². The largest absolute Gasteiger partial charge is 0.222 e. The van der Waals surface area contributed by atoms with Gasteiger partial charge in [0.1, 0.15) is 6.33 Å². The Balaban J connectivity index is 1.91. The maximum Gasteiger partial charge on any atom is 0.183 e. The third kappa shape index (κ3) is 1.70. The van der Waals surface area contributed by atoms with Gasteiger partial charge >= 0.3 is 0 Å². The van der Waals surface area contributed by atoms with Crippen molar-refractivity contribution in [2.75, 3.05) is 0 Å². The quantitative estimate of drug-likeness (QED) is 0.645. The summed E-state index contributed by atoms with van der Waals surface area (Å²) in [5, 5.41) is 8.73. The van der Waals surface area contributed by atoms with E-state index in [1.54, 1.807) is 0 Å². The summed E-state index contributed by atoms with van der Waals surface area (Å²) >= 11 is 6.04. The van der Waals surface area contributed by atoms with Crippen molar-refractivity contribution in [3.05, 3.63) is 46.9 Å². The summed E-state index contributed by atoms with van der Waals surface area (Å²) in [5.74, 6) is 0. The van der Waals surface area contributed by atoms with Crippen molar-refractivity contribution in [1.82, 2.24) is 25.0 Å². The summed E-state index contributed by atoms with van der Waals surface area (Å²) < 4.78 is 1.88. The van der Waals surface area contributed by atoms with Crippen LogP contribution in [0.15, 0.2) is 30.6 Å². The van der Waals surface area contributed by atoms with Crippen molar-refractivity contribution < 1.29 is 0 Å². The Hall–Kier alpha value is -2.01. The van der Waals surface area contributed by atoms with E-state index in [0.717, 1.165) is 19.3 Å². The van der Waals surface area contributed by atoms with Gasteiger partial charge in [-0.2, -0.15) is 0 Å². The first-order chi connectivity index (χ1) is 9.84. The highest BCUT2D eigenvalue weighted by molar-refractivity contribution is 6.33. The molecule has 0 amide bonds. The van der Waals surface area contributed by atoms with E-state index in [2.05, 4.69) is 44.5 Å². The van der Waals surface area contributed by atoms with Crippen LogP contribution in [-0.4, -0.2) is 25.0 Å². The topological polar surface area (TPSA) is 56.5 Å². The summed E-state index contributed by atoms with van der Waals surface area (Å²) in [6.45, 7) is 0. The van der Waals surface area contributed by atoms with Crippen LogP contribution in [0, 0.1) is 0 Å². The van der Waals surface area contributed by atoms with E-state index in [1.165, 1.54) is 17.5 Å². The molecule has 0 radical (unpaired) electrons. The van der Waals surface area contributed by atoms with Gasteiger partial charge < -0.3 is 0 Å². The van der Waals surface area contributed by atoms with E-state index in [9.17, 15) is 0 Å². The molecule has 0 spiro atoms. The van der Waals surface area contributed by atoms with Gasteiger partial charge in [-0.25, -0.2) is 14.6 Å². The average molecular weight is 286 g/mol. The highest BCUT2D eigenvalue weighted by atomic mass is 35.5. The molecule has 1 unspecified atom stereocenters. The Morgan fingerprint density at radius 2 is 2.10 bits per heavy atom. The maximum atomic E-state index is 6.04. The minimum atomic E-state index is 0.177. The van der Waals surface area contributed by atoms with Gasteiger partial charge in [0.15, 0.2) is 16.3 Å². The van der Waals surface area contributed by atoms with E-state index >= 15 is 0 Å². The molecule has 4 rings (SSSR count). The Labute approximate surface area is 120 Å². The fourth-order valence-corrected chi connectivity index (χ4v) is 3.10. The van der Waals surface area contributed by atoms with Crippen molar-refractivity contribution in [3.8, 4) is 0 Å². The lowest BCUT2D eigenvalue weighted by atomic mass is 9.88. The summed E-state index contributed by atoms with van der Waals surface area (Å²) in [7, 11) is 0. The van der Waals surface area contributed by atoms with Gasteiger partial charge in [-0.05, 0) is 30.4 Å². The second kappa shape index (κ2) is 4.52. The zero-order valence-corrected chi connectivity index (χ0v) is 11.5. The van der Waals surface area contributed by atoms with Crippen molar-refractivity contribution in [3.63, 3.8) is 0 Å². The second-order valence-electron chi connectivity index (χ2n) is 4.98. The van der Waals surface area contributed by atoms with Crippen molar-refractivity contribution in [1.29, 1.82) is 0 Å². The lowest BCUT2D eigenvalue weighted by molar-refractivity contribution is 0.449. The number of rotatable bonds is 1. The van der Waals surface area contributed by atoms with Crippen LogP contribution in [-0.2, 0) is 6.42 Å². The van der Waals surface area contributed by atoms with Crippen LogP contribution in [0.3, 0.4) is 0 Å². The molecule has 0 N–H and O–H groups in total. The summed E-state index contributed by atoms with van der Waals surface area (Å²) in [5.41, 5.74) is 3.96. The molecule has 5 nitrogen and oxygen atoms in total. The Morgan fingerprint density at radius 3 is 3.05 bits per heavy atom. The SMILES string of the molecule is Clc1ncnc2c1nnn2C1CCCc2ccccc21. The molecule has 100 valence electrons. The standard InChI is InChI=1S/C14H12ClN5/c15-13-12-14(17-8-16-13)20(19-18-12)11-7-3-5-9-4-1-2-6-10(9)11/h1-2,4,6,8,11H,3,5,7H2. The molecule has 2 aromatic heterocycles. The van der Waals surface area contributed by atoms with Crippen LogP contribution in [0.5, 0.6) is 0 Å². The predicted octanol–water partition coefficient (Wildman–Crippen LogP) is 2.80. The maximum absolute atomic E-state index is 6.04. The molecule has 1 aliphatic carbocycles. The number of halogens is 1. The van der Waals surface area contributed by atoms with Crippen LogP contribution in [0.1, 0.15) is 30.0 Å². The molecular formula is C14H12ClN5. The van der Waals surface area contributed by atoms with E-state index in [4.69, 9.17) is 11.6 Å². The molecule has 0 fully saturated rings. The molecule has 20 heavy (non-hydrogen) atoms. The summed E-state index contributed by atoms with van der Waals surface area (Å²) in [6.07, 6.45) is 4.76. The van der Waals surface area contributed by atoms with E-state index in [-0.39, 0.29) is 6.04 Å². The van der Waals surface area contributed by atoms with E-state index in [0.29, 0.717) is 16.3 Å². The first-order valence-corrected chi connectivity index (χ1v) is 7.01. The lowest BCUT2D eigenvalue weighted by Gasteiger charge is -2.25. The smallest absolute Gasteiger partial charge is 0.183 e. The number of aryl methyl sites for hydroxylation is 1. The Morgan fingerprint density at radius 1 is 1.20 bits per heavy atom. The molecule has 1 aliphatic rings. The molecule has 0 saturated carbocycles. The minimum Gasteiger partial charge on any atom is -0.222 e. The van der Waals surface area contributed by atoms with Gasteiger partial charge in [-0.15, -0.1) is 5.10 Å². The highest BCUT2D eigenvalue weighted by Crippen LogP contribution is 2.33. The molecule has 6 heteroatoms. The second-order valence-corrected chi connectivity index (χ2v) is 5.34. The highest BCUT2D eigenvalue weighted by Gasteiger charge is 2.25. The Bertz CT molecular complexity index is 782. The van der Waals surface area contributed by atoms with Crippen LogP contribution in [0.2, 0.25) is 5.15 Å². The molecular weight excluding hydrogens is 274 g/mol. The van der Waals surface area contributed by atoms with Crippen LogP contribution >= 0.6 is 11.6 Å². The third-order valence-corrected chi connectivity index (χ3v) is 4.13. The van der Waals surface area contributed by atoms with Gasteiger partial charge in [-0.3, -0.25) is 0 Å². The van der Waals surface area contributed by atoms with Crippen LogP contribution in [0.25, 0.3) is 11.2 Å². The molecule has 1 atom stereocenters. The van der Waals surface area contributed by atoms with Crippen LogP contribution < -0.4 is 0 Å². The molecule has 0 bridgehead atoms. The molecule has 2 heterocycles. The Kier molecular flexibility index (Phi) is 2.67. The lowest BCUT2D eigenvalue weighted by Crippen LogP contribution is -2.18. The monoisotopic (exact) mass is 285 g/mol. The number of benzene rings is 1. The van der Waals surface area contributed by atoms with Crippen molar-refractivity contribution in [2.24, 2.45) is 0 Å².